The summed E-state index contributed by atoms with van der Waals surface area (Å²) in [6.45, 7) is 3.84. The van der Waals surface area contributed by atoms with Crippen LogP contribution >= 0.6 is 0 Å². The summed E-state index contributed by atoms with van der Waals surface area (Å²) in [6.07, 6.45) is 4.05. The van der Waals surface area contributed by atoms with Gasteiger partial charge < -0.3 is 14.6 Å². The number of aromatic nitrogens is 2. The number of rotatable bonds is 3. The van der Waals surface area contributed by atoms with E-state index >= 15 is 0 Å². The van der Waals surface area contributed by atoms with E-state index in [1.165, 1.54) is 0 Å². The van der Waals surface area contributed by atoms with Crippen LogP contribution < -0.4 is 10.2 Å². The predicted molar refractivity (Wildman–Crippen MR) is 92.4 cm³/mol. The number of nitrogens with zero attached hydrogens (tertiary/aromatic N) is 3. The van der Waals surface area contributed by atoms with E-state index in [4.69, 9.17) is 4.42 Å². The summed E-state index contributed by atoms with van der Waals surface area (Å²) in [4.78, 5) is 23.6. The number of fused-ring (bicyclic) bond motifs is 1. The molecular formula is C18H18N4O2. The Morgan fingerprint density at radius 2 is 2.08 bits per heavy atom. The molecule has 3 aromatic heterocycles. The molecule has 1 aliphatic heterocycles. The summed E-state index contributed by atoms with van der Waals surface area (Å²) >= 11 is 0. The largest absolute Gasteiger partial charge is 0.449 e. The molecule has 0 aliphatic carbocycles. The maximum Gasteiger partial charge on any atom is 0.291 e. The van der Waals surface area contributed by atoms with Gasteiger partial charge in [0.25, 0.3) is 5.91 Å². The van der Waals surface area contributed by atoms with E-state index in [0.29, 0.717) is 16.8 Å². The average molecular weight is 322 g/mol. The van der Waals surface area contributed by atoms with Crippen LogP contribution in [0, 0.1) is 6.92 Å². The lowest BCUT2D eigenvalue weighted by atomic mass is 10.3. The SMILES string of the molecule is Cc1ccc2oc(C(=O)Nc3cccnc3N3CCCC3)cc2n1. The monoisotopic (exact) mass is 322 g/mol. The Kier molecular flexibility index (Phi) is 3.65. The second-order valence-electron chi connectivity index (χ2n) is 5.97. The Hall–Kier alpha value is -2.89. The van der Waals surface area contributed by atoms with Gasteiger partial charge in [-0.2, -0.15) is 0 Å². The molecule has 0 aromatic carbocycles. The molecule has 0 spiro atoms. The van der Waals surface area contributed by atoms with Crippen LogP contribution in [0.5, 0.6) is 0 Å². The summed E-state index contributed by atoms with van der Waals surface area (Å²) in [7, 11) is 0. The number of carbonyl (C=O) groups is 1. The first-order valence-corrected chi connectivity index (χ1v) is 8.09. The second kappa shape index (κ2) is 5.96. The van der Waals surface area contributed by atoms with E-state index in [0.717, 1.165) is 37.4 Å². The molecule has 1 fully saturated rings. The van der Waals surface area contributed by atoms with E-state index in [-0.39, 0.29) is 11.7 Å². The molecule has 122 valence electrons. The quantitative estimate of drug-likeness (QED) is 0.800. The molecular weight excluding hydrogens is 304 g/mol. The van der Waals surface area contributed by atoms with Crippen LogP contribution in [0.1, 0.15) is 29.1 Å². The number of carbonyl (C=O) groups excluding carboxylic acids is 1. The van der Waals surface area contributed by atoms with Crippen molar-refractivity contribution >= 4 is 28.5 Å². The van der Waals surface area contributed by atoms with Crippen molar-refractivity contribution in [3.63, 3.8) is 0 Å². The van der Waals surface area contributed by atoms with Crippen molar-refractivity contribution in [3.8, 4) is 0 Å². The summed E-state index contributed by atoms with van der Waals surface area (Å²) in [5, 5.41) is 2.91. The maximum absolute atomic E-state index is 12.6. The van der Waals surface area contributed by atoms with E-state index in [9.17, 15) is 4.79 Å². The molecule has 1 aliphatic rings. The number of hydrogen-bond acceptors (Lipinski definition) is 5. The lowest BCUT2D eigenvalue weighted by molar-refractivity contribution is 0.0998. The number of pyridine rings is 2. The molecule has 0 saturated carbocycles. The fraction of sp³-hybridized carbons (Fsp3) is 0.278. The highest BCUT2D eigenvalue weighted by Gasteiger charge is 2.20. The standard InChI is InChI=1S/C18H18N4O2/c1-12-6-7-15-14(20-12)11-16(24-15)18(23)21-13-5-4-8-19-17(13)22-9-2-3-10-22/h4-8,11H,2-3,9-10H2,1H3,(H,21,23). The molecule has 6 nitrogen and oxygen atoms in total. The van der Waals surface area contributed by atoms with Crippen LogP contribution in [-0.2, 0) is 0 Å². The zero-order valence-corrected chi connectivity index (χ0v) is 13.5. The first kappa shape index (κ1) is 14.7. The molecule has 1 N–H and O–H groups in total. The van der Waals surface area contributed by atoms with E-state index in [2.05, 4.69) is 20.2 Å². The molecule has 0 atom stereocenters. The first-order chi connectivity index (χ1) is 11.7. The lowest BCUT2D eigenvalue weighted by Gasteiger charge is -2.19. The van der Waals surface area contributed by atoms with Gasteiger partial charge in [-0.05, 0) is 44.0 Å². The Morgan fingerprint density at radius 3 is 2.92 bits per heavy atom. The Labute approximate surface area is 139 Å². The van der Waals surface area contributed by atoms with Gasteiger partial charge in [0.15, 0.2) is 17.2 Å². The third-order valence-electron chi connectivity index (χ3n) is 4.18. The minimum absolute atomic E-state index is 0.249. The molecule has 0 radical (unpaired) electrons. The highest BCUT2D eigenvalue weighted by atomic mass is 16.3. The average Bonchev–Trinajstić information content (AvgIpc) is 3.24. The third-order valence-corrected chi connectivity index (χ3v) is 4.18. The van der Waals surface area contributed by atoms with Crippen LogP contribution in [0.2, 0.25) is 0 Å². The van der Waals surface area contributed by atoms with Gasteiger partial charge in [-0.25, -0.2) is 9.97 Å². The number of aryl methyl sites for hydroxylation is 1. The third kappa shape index (κ3) is 2.71. The van der Waals surface area contributed by atoms with E-state index < -0.39 is 0 Å². The second-order valence-corrected chi connectivity index (χ2v) is 5.97. The summed E-state index contributed by atoms with van der Waals surface area (Å²) in [5.74, 6) is 0.770. The highest BCUT2D eigenvalue weighted by molar-refractivity contribution is 6.05. The summed E-state index contributed by atoms with van der Waals surface area (Å²) < 4.78 is 5.61. The molecule has 4 rings (SSSR count). The van der Waals surface area contributed by atoms with E-state index in [1.54, 1.807) is 12.3 Å². The molecule has 1 saturated heterocycles. The van der Waals surface area contributed by atoms with E-state index in [1.807, 2.05) is 31.2 Å². The molecule has 3 aromatic rings. The lowest BCUT2D eigenvalue weighted by Crippen LogP contribution is -2.22. The Balaban J connectivity index is 1.61. The minimum atomic E-state index is -0.292. The molecule has 6 heteroatoms. The normalized spacial score (nSPS) is 14.3. The number of furan rings is 1. The van der Waals surface area contributed by atoms with Crippen molar-refractivity contribution in [1.82, 2.24) is 9.97 Å². The van der Waals surface area contributed by atoms with Crippen molar-refractivity contribution in [3.05, 3.63) is 48.0 Å². The van der Waals surface area contributed by atoms with Gasteiger partial charge in [-0.1, -0.05) is 0 Å². The smallest absolute Gasteiger partial charge is 0.291 e. The van der Waals surface area contributed by atoms with Gasteiger partial charge >= 0.3 is 0 Å². The zero-order valence-electron chi connectivity index (χ0n) is 13.5. The van der Waals surface area contributed by atoms with Crippen LogP contribution in [0.25, 0.3) is 11.1 Å². The van der Waals surface area contributed by atoms with Gasteiger partial charge in [0.1, 0.15) is 5.52 Å². The summed E-state index contributed by atoms with van der Waals surface area (Å²) in [6, 6.07) is 9.04. The molecule has 24 heavy (non-hydrogen) atoms. The summed E-state index contributed by atoms with van der Waals surface area (Å²) in [5.41, 5.74) is 2.88. The maximum atomic E-state index is 12.6. The van der Waals surface area contributed by atoms with Crippen molar-refractivity contribution < 1.29 is 9.21 Å². The van der Waals surface area contributed by atoms with Crippen LogP contribution in [0.15, 0.2) is 40.9 Å². The molecule has 1 amide bonds. The highest BCUT2D eigenvalue weighted by Crippen LogP contribution is 2.27. The van der Waals surface area contributed by atoms with Crippen LogP contribution in [0.4, 0.5) is 11.5 Å². The number of amides is 1. The molecule has 0 unspecified atom stereocenters. The Morgan fingerprint density at radius 1 is 1.25 bits per heavy atom. The van der Waals surface area contributed by atoms with Crippen molar-refractivity contribution in [2.45, 2.75) is 19.8 Å². The molecule has 0 bridgehead atoms. The molecule has 4 heterocycles. The van der Waals surface area contributed by atoms with Crippen molar-refractivity contribution in [2.24, 2.45) is 0 Å². The van der Waals surface area contributed by atoms with Gasteiger partial charge in [0.2, 0.25) is 0 Å². The first-order valence-electron chi connectivity index (χ1n) is 8.09. The number of nitrogens with one attached hydrogen (secondary N) is 1. The predicted octanol–water partition coefficient (Wildman–Crippen LogP) is 3.38. The van der Waals surface area contributed by atoms with Gasteiger partial charge in [0.05, 0.1) is 5.69 Å². The van der Waals surface area contributed by atoms with Gasteiger partial charge in [0, 0.05) is 31.0 Å². The number of anilines is 2. The van der Waals surface area contributed by atoms with Crippen molar-refractivity contribution in [2.75, 3.05) is 23.3 Å². The number of hydrogen-bond donors (Lipinski definition) is 1. The topological polar surface area (TPSA) is 71.3 Å². The van der Waals surface area contributed by atoms with Crippen molar-refractivity contribution in [1.29, 1.82) is 0 Å². The van der Waals surface area contributed by atoms with Crippen LogP contribution in [0.3, 0.4) is 0 Å². The van der Waals surface area contributed by atoms with Gasteiger partial charge in [-0.3, -0.25) is 4.79 Å². The van der Waals surface area contributed by atoms with Gasteiger partial charge in [-0.15, -0.1) is 0 Å². The minimum Gasteiger partial charge on any atom is -0.449 e. The fourth-order valence-corrected chi connectivity index (χ4v) is 3.00. The zero-order chi connectivity index (χ0) is 16.5. The van der Waals surface area contributed by atoms with Crippen LogP contribution in [-0.4, -0.2) is 29.0 Å². The fourth-order valence-electron chi connectivity index (χ4n) is 3.00. The Bertz CT molecular complexity index is 897.